The van der Waals surface area contributed by atoms with Gasteiger partial charge in [0.2, 0.25) is 0 Å². The molecule has 1 saturated heterocycles. The molecule has 2 fully saturated rings. The van der Waals surface area contributed by atoms with Crippen molar-refractivity contribution < 1.29 is 18.3 Å². The Hall–Kier alpha value is -2.79. The van der Waals surface area contributed by atoms with Crippen LogP contribution in [0.4, 0.5) is 15.8 Å². The van der Waals surface area contributed by atoms with E-state index in [2.05, 4.69) is 22.2 Å². The maximum atomic E-state index is 14.8. The van der Waals surface area contributed by atoms with Crippen LogP contribution in [-0.4, -0.2) is 43.3 Å². The van der Waals surface area contributed by atoms with E-state index in [1.54, 1.807) is 12.4 Å². The Morgan fingerprint density at radius 1 is 1.23 bits per heavy atom. The second kappa shape index (κ2) is 9.34. The third-order valence-electron chi connectivity index (χ3n) is 6.97. The highest BCUT2D eigenvalue weighted by Gasteiger charge is 2.30. The van der Waals surface area contributed by atoms with Gasteiger partial charge in [0.1, 0.15) is 5.82 Å². The van der Waals surface area contributed by atoms with E-state index >= 15 is 0 Å². The smallest absolute Gasteiger partial charge is 0.257 e. The standard InChI is InChI=1S/C25H30FN5O3S/c1-15-9-16(11-17(27)10-15)19-5-6-28-14-23(19)30-25(32)20-3-4-22(26)21-12-18(13-29-24(20)21)31-7-2-8-35(31,33)34/h3-6,12-17,33-34H,2,7-11,27H2,1H3,(H,30,32)/t15-,16+,17-/m0/s1. The molecule has 1 aliphatic carbocycles. The molecule has 3 heterocycles. The first-order chi connectivity index (χ1) is 16.7. The molecule has 10 heteroatoms. The SMILES string of the molecule is C[C@@H]1C[C@H](N)C[C@H](c2ccncc2NC(=O)c2ccc(F)c3cc(N4CCCS4(O)O)cnc23)C1. The van der Waals surface area contributed by atoms with E-state index in [0.717, 1.165) is 24.8 Å². The van der Waals surface area contributed by atoms with E-state index in [0.29, 0.717) is 30.3 Å². The van der Waals surface area contributed by atoms with Crippen LogP contribution >= 0.6 is 10.8 Å². The van der Waals surface area contributed by atoms with Gasteiger partial charge in [0.05, 0.1) is 40.6 Å². The minimum atomic E-state index is -2.94. The van der Waals surface area contributed by atoms with Crippen molar-refractivity contribution in [2.45, 2.75) is 44.6 Å². The van der Waals surface area contributed by atoms with Crippen molar-refractivity contribution in [3.63, 3.8) is 0 Å². The Kier molecular flexibility index (Phi) is 6.39. The van der Waals surface area contributed by atoms with Gasteiger partial charge in [-0.3, -0.25) is 28.2 Å². The fraction of sp³-hybridized carbons (Fsp3) is 0.400. The van der Waals surface area contributed by atoms with Crippen molar-refractivity contribution >= 4 is 39.0 Å². The van der Waals surface area contributed by atoms with Crippen LogP contribution in [0.5, 0.6) is 0 Å². The Balaban J connectivity index is 1.46. The summed E-state index contributed by atoms with van der Waals surface area (Å²) in [5, 5.41) is 3.11. The summed E-state index contributed by atoms with van der Waals surface area (Å²) in [5.74, 6) is 0.0393. The number of carbonyl (C=O) groups is 1. The number of nitrogens with zero attached hydrogens (tertiary/aromatic N) is 3. The summed E-state index contributed by atoms with van der Waals surface area (Å²) in [6.07, 6.45) is 8.26. The Morgan fingerprint density at radius 2 is 2.06 bits per heavy atom. The summed E-state index contributed by atoms with van der Waals surface area (Å²) in [7, 11) is -2.94. The van der Waals surface area contributed by atoms with E-state index in [-0.39, 0.29) is 34.2 Å². The molecule has 186 valence electrons. The van der Waals surface area contributed by atoms with Gasteiger partial charge in [-0.05, 0) is 67.3 Å². The number of hydrogen-bond acceptors (Lipinski definition) is 7. The van der Waals surface area contributed by atoms with Crippen LogP contribution in [0.25, 0.3) is 10.9 Å². The minimum absolute atomic E-state index is 0.119. The fourth-order valence-corrected chi connectivity index (χ4v) is 7.01. The maximum Gasteiger partial charge on any atom is 0.257 e. The number of nitrogens with one attached hydrogen (secondary N) is 1. The molecule has 2 aromatic heterocycles. The first kappa shape index (κ1) is 23.9. The van der Waals surface area contributed by atoms with Crippen LogP contribution in [0.15, 0.2) is 42.9 Å². The highest BCUT2D eigenvalue weighted by atomic mass is 32.3. The maximum absolute atomic E-state index is 14.8. The number of anilines is 2. The third-order valence-corrected chi connectivity index (χ3v) is 8.90. The molecule has 8 nitrogen and oxygen atoms in total. The van der Waals surface area contributed by atoms with E-state index < -0.39 is 22.5 Å². The summed E-state index contributed by atoms with van der Waals surface area (Å²) < 4.78 is 36.8. The van der Waals surface area contributed by atoms with Crippen molar-refractivity contribution in [3.05, 3.63) is 59.8 Å². The fourth-order valence-electron chi connectivity index (χ4n) is 5.42. The van der Waals surface area contributed by atoms with E-state index in [1.165, 1.54) is 28.7 Å². The molecule has 0 bridgehead atoms. The molecule has 1 aliphatic heterocycles. The average molecular weight is 500 g/mol. The molecule has 1 saturated carbocycles. The van der Waals surface area contributed by atoms with E-state index in [9.17, 15) is 18.3 Å². The molecule has 3 atom stereocenters. The zero-order valence-electron chi connectivity index (χ0n) is 19.5. The molecule has 1 aromatic carbocycles. The minimum Gasteiger partial charge on any atom is -0.328 e. The van der Waals surface area contributed by atoms with E-state index in [4.69, 9.17) is 5.73 Å². The third kappa shape index (κ3) is 4.71. The molecular formula is C25H30FN5O3S. The molecule has 5 rings (SSSR count). The van der Waals surface area contributed by atoms with Crippen LogP contribution in [-0.2, 0) is 0 Å². The zero-order chi connectivity index (χ0) is 24.7. The highest BCUT2D eigenvalue weighted by Crippen LogP contribution is 2.51. The van der Waals surface area contributed by atoms with Crippen molar-refractivity contribution in [1.29, 1.82) is 0 Å². The van der Waals surface area contributed by atoms with Gasteiger partial charge in [-0.15, -0.1) is 10.8 Å². The molecule has 0 spiro atoms. The van der Waals surface area contributed by atoms with Gasteiger partial charge in [-0.25, -0.2) is 4.39 Å². The van der Waals surface area contributed by atoms with Crippen LogP contribution in [0.3, 0.4) is 0 Å². The van der Waals surface area contributed by atoms with Gasteiger partial charge in [0.25, 0.3) is 5.91 Å². The lowest BCUT2D eigenvalue weighted by molar-refractivity contribution is 0.102. The van der Waals surface area contributed by atoms with Crippen LogP contribution in [0.2, 0.25) is 0 Å². The summed E-state index contributed by atoms with van der Waals surface area (Å²) in [6, 6.07) is 6.21. The summed E-state index contributed by atoms with van der Waals surface area (Å²) in [5.41, 5.74) is 8.73. The van der Waals surface area contributed by atoms with Gasteiger partial charge >= 0.3 is 0 Å². The van der Waals surface area contributed by atoms with Crippen molar-refractivity contribution in [2.75, 3.05) is 21.9 Å². The second-order valence-corrected chi connectivity index (χ2v) is 11.8. The molecule has 0 radical (unpaired) electrons. The van der Waals surface area contributed by atoms with Gasteiger partial charge in [0.15, 0.2) is 0 Å². The number of carbonyl (C=O) groups excluding carboxylic acids is 1. The predicted molar refractivity (Wildman–Crippen MR) is 137 cm³/mol. The van der Waals surface area contributed by atoms with Gasteiger partial charge in [-0.2, -0.15) is 0 Å². The molecule has 5 N–H and O–H groups in total. The molecule has 1 amide bonds. The van der Waals surface area contributed by atoms with Crippen molar-refractivity contribution in [1.82, 2.24) is 9.97 Å². The summed E-state index contributed by atoms with van der Waals surface area (Å²) in [4.78, 5) is 21.9. The largest absolute Gasteiger partial charge is 0.328 e. The molecule has 0 unspecified atom stereocenters. The Bertz CT molecular complexity index is 1260. The highest BCUT2D eigenvalue weighted by molar-refractivity contribution is 8.25. The van der Waals surface area contributed by atoms with Gasteiger partial charge < -0.3 is 11.1 Å². The van der Waals surface area contributed by atoms with Crippen LogP contribution in [0, 0.1) is 11.7 Å². The number of hydrogen-bond donors (Lipinski definition) is 4. The number of amides is 1. The summed E-state index contributed by atoms with van der Waals surface area (Å²) >= 11 is 0. The number of benzene rings is 1. The average Bonchev–Trinajstić information content (AvgIpc) is 3.17. The molecular weight excluding hydrogens is 469 g/mol. The Labute approximate surface area is 205 Å². The van der Waals surface area contributed by atoms with Gasteiger partial charge in [-0.1, -0.05) is 6.92 Å². The summed E-state index contributed by atoms with van der Waals surface area (Å²) in [6.45, 7) is 2.64. The zero-order valence-corrected chi connectivity index (χ0v) is 20.3. The van der Waals surface area contributed by atoms with Crippen LogP contribution < -0.4 is 15.4 Å². The number of pyridine rings is 2. The Morgan fingerprint density at radius 3 is 2.80 bits per heavy atom. The molecule has 2 aliphatic rings. The predicted octanol–water partition coefficient (Wildman–Crippen LogP) is 5.13. The normalized spacial score (nSPS) is 24.9. The topological polar surface area (TPSA) is 125 Å². The lowest BCUT2D eigenvalue weighted by Gasteiger charge is -2.37. The first-order valence-electron chi connectivity index (χ1n) is 11.9. The number of aromatic nitrogens is 2. The first-order valence-corrected chi connectivity index (χ1v) is 13.5. The number of fused-ring (bicyclic) bond motifs is 1. The number of rotatable bonds is 4. The number of halogens is 1. The van der Waals surface area contributed by atoms with Crippen LogP contribution in [0.1, 0.15) is 54.4 Å². The lowest BCUT2D eigenvalue weighted by atomic mass is 9.76. The second-order valence-electron chi connectivity index (χ2n) is 9.66. The molecule has 35 heavy (non-hydrogen) atoms. The monoisotopic (exact) mass is 499 g/mol. The van der Waals surface area contributed by atoms with Gasteiger partial charge in [0, 0.05) is 24.2 Å². The van der Waals surface area contributed by atoms with E-state index in [1.807, 2.05) is 6.07 Å². The number of nitrogens with two attached hydrogens (primary N) is 1. The quantitative estimate of drug-likeness (QED) is 0.392. The lowest BCUT2D eigenvalue weighted by Crippen LogP contribution is -2.31. The molecule has 3 aromatic rings. The van der Waals surface area contributed by atoms with Crippen molar-refractivity contribution in [2.24, 2.45) is 11.7 Å². The van der Waals surface area contributed by atoms with Crippen molar-refractivity contribution in [3.8, 4) is 0 Å².